The highest BCUT2D eigenvalue weighted by molar-refractivity contribution is 5.18. The third kappa shape index (κ3) is 4.38. The molecule has 3 rings (SSSR count). The van der Waals surface area contributed by atoms with Gasteiger partial charge < -0.3 is 0 Å². The van der Waals surface area contributed by atoms with Crippen LogP contribution in [0.15, 0.2) is 30.6 Å². The fourth-order valence-electron chi connectivity index (χ4n) is 3.41. The molecule has 5 heteroatoms. The summed E-state index contributed by atoms with van der Waals surface area (Å²) in [5.41, 5.74) is 2.13. The van der Waals surface area contributed by atoms with E-state index in [-0.39, 0.29) is 0 Å². The van der Waals surface area contributed by atoms with Gasteiger partial charge in [-0.25, -0.2) is 8.78 Å². The average Bonchev–Trinajstić information content (AvgIpc) is 2.94. The van der Waals surface area contributed by atoms with E-state index < -0.39 is 11.6 Å². The Morgan fingerprint density at radius 3 is 2.83 bits per heavy atom. The Balaban J connectivity index is 1.51. The van der Waals surface area contributed by atoms with Gasteiger partial charge in [0, 0.05) is 31.9 Å². The predicted octanol–water partition coefficient (Wildman–Crippen LogP) is 3.54. The van der Waals surface area contributed by atoms with Gasteiger partial charge >= 0.3 is 0 Å². The molecular formula is C18H23F2N3. The van der Waals surface area contributed by atoms with Crippen molar-refractivity contribution in [2.24, 2.45) is 13.0 Å². The standard InChI is InChI=1S/C18H23F2N3/c1-22-11-16(10-21-22)13-23-8-2-3-15(12-23)5-4-14-6-7-17(19)18(20)9-14/h6-7,9-11,15H,2-5,8,12-13H2,1H3/t15-/m0/s1. The molecule has 0 unspecified atom stereocenters. The lowest BCUT2D eigenvalue weighted by molar-refractivity contribution is 0.162. The SMILES string of the molecule is Cn1cc(CN2CCC[C@@H](CCc3ccc(F)c(F)c3)C2)cn1. The summed E-state index contributed by atoms with van der Waals surface area (Å²) in [7, 11) is 1.93. The molecule has 0 spiro atoms. The molecule has 3 nitrogen and oxygen atoms in total. The van der Waals surface area contributed by atoms with Crippen molar-refractivity contribution < 1.29 is 8.78 Å². The van der Waals surface area contributed by atoms with E-state index in [0.29, 0.717) is 5.92 Å². The molecule has 124 valence electrons. The van der Waals surface area contributed by atoms with Gasteiger partial charge in [0.1, 0.15) is 0 Å². The van der Waals surface area contributed by atoms with Gasteiger partial charge in [-0.15, -0.1) is 0 Å². The molecular weight excluding hydrogens is 296 g/mol. The summed E-state index contributed by atoms with van der Waals surface area (Å²) in [6, 6.07) is 4.24. The van der Waals surface area contributed by atoms with Crippen LogP contribution in [0.3, 0.4) is 0 Å². The van der Waals surface area contributed by atoms with Gasteiger partial charge in [-0.05, 0) is 55.8 Å². The normalized spacial score (nSPS) is 19.2. The minimum absolute atomic E-state index is 0.619. The summed E-state index contributed by atoms with van der Waals surface area (Å²) in [5.74, 6) is -0.896. The van der Waals surface area contributed by atoms with Crippen LogP contribution >= 0.6 is 0 Å². The van der Waals surface area contributed by atoms with Crippen LogP contribution in [-0.4, -0.2) is 27.8 Å². The minimum atomic E-state index is -0.769. The summed E-state index contributed by atoms with van der Waals surface area (Å²) in [4.78, 5) is 2.47. The number of piperidine rings is 1. The Kier molecular flexibility index (Phi) is 5.06. The van der Waals surface area contributed by atoms with E-state index in [2.05, 4.69) is 16.2 Å². The summed E-state index contributed by atoms with van der Waals surface area (Å²) >= 11 is 0. The van der Waals surface area contributed by atoms with Crippen molar-refractivity contribution in [2.45, 2.75) is 32.2 Å². The van der Waals surface area contributed by atoms with E-state index in [0.717, 1.165) is 38.0 Å². The summed E-state index contributed by atoms with van der Waals surface area (Å²) in [6.07, 6.45) is 8.23. The fraction of sp³-hybridized carbons (Fsp3) is 0.500. The molecule has 0 aliphatic carbocycles. The second kappa shape index (κ2) is 7.21. The van der Waals surface area contributed by atoms with Crippen LogP contribution in [0, 0.1) is 17.6 Å². The molecule has 0 N–H and O–H groups in total. The first-order chi connectivity index (χ1) is 11.1. The van der Waals surface area contributed by atoms with Gasteiger partial charge in [-0.3, -0.25) is 9.58 Å². The Labute approximate surface area is 135 Å². The van der Waals surface area contributed by atoms with E-state index in [1.807, 2.05) is 17.9 Å². The molecule has 2 aromatic rings. The van der Waals surface area contributed by atoms with Gasteiger partial charge in [0.15, 0.2) is 11.6 Å². The first-order valence-corrected chi connectivity index (χ1v) is 8.24. The van der Waals surface area contributed by atoms with Crippen LogP contribution in [0.4, 0.5) is 8.78 Å². The Bertz CT molecular complexity index is 653. The number of hydrogen-bond donors (Lipinski definition) is 0. The largest absolute Gasteiger partial charge is 0.299 e. The maximum Gasteiger partial charge on any atom is 0.159 e. The summed E-state index contributed by atoms with van der Waals surface area (Å²) < 4.78 is 28.1. The molecule has 0 bridgehead atoms. The molecule has 1 aromatic heterocycles. The molecule has 1 aliphatic rings. The molecule has 0 radical (unpaired) electrons. The molecule has 1 fully saturated rings. The second-order valence-corrected chi connectivity index (χ2v) is 6.55. The zero-order chi connectivity index (χ0) is 16.2. The highest BCUT2D eigenvalue weighted by Crippen LogP contribution is 2.23. The van der Waals surface area contributed by atoms with Crippen molar-refractivity contribution >= 4 is 0 Å². The lowest BCUT2D eigenvalue weighted by Gasteiger charge is -2.32. The van der Waals surface area contributed by atoms with E-state index in [9.17, 15) is 8.78 Å². The van der Waals surface area contributed by atoms with Crippen LogP contribution in [0.1, 0.15) is 30.4 Å². The maximum atomic E-state index is 13.3. The van der Waals surface area contributed by atoms with Gasteiger partial charge in [-0.2, -0.15) is 5.10 Å². The van der Waals surface area contributed by atoms with Crippen molar-refractivity contribution in [3.63, 3.8) is 0 Å². The molecule has 0 saturated carbocycles. The van der Waals surface area contributed by atoms with Crippen LogP contribution in [-0.2, 0) is 20.0 Å². The number of benzene rings is 1. The molecule has 0 amide bonds. The highest BCUT2D eigenvalue weighted by Gasteiger charge is 2.20. The third-order valence-electron chi connectivity index (χ3n) is 4.59. The Morgan fingerprint density at radius 1 is 1.22 bits per heavy atom. The predicted molar refractivity (Wildman–Crippen MR) is 85.9 cm³/mol. The average molecular weight is 319 g/mol. The van der Waals surface area contributed by atoms with E-state index in [1.54, 1.807) is 6.07 Å². The number of hydrogen-bond acceptors (Lipinski definition) is 2. The van der Waals surface area contributed by atoms with Crippen LogP contribution in [0.2, 0.25) is 0 Å². The number of halogens is 2. The van der Waals surface area contributed by atoms with Gasteiger partial charge in [-0.1, -0.05) is 6.07 Å². The monoisotopic (exact) mass is 319 g/mol. The van der Waals surface area contributed by atoms with Crippen molar-refractivity contribution in [1.29, 1.82) is 0 Å². The summed E-state index contributed by atoms with van der Waals surface area (Å²) in [5, 5.41) is 4.22. The van der Waals surface area contributed by atoms with Gasteiger partial charge in [0.2, 0.25) is 0 Å². The maximum absolute atomic E-state index is 13.3. The molecule has 1 atom stereocenters. The van der Waals surface area contributed by atoms with Crippen molar-refractivity contribution in [1.82, 2.24) is 14.7 Å². The number of aryl methyl sites for hydroxylation is 2. The zero-order valence-corrected chi connectivity index (χ0v) is 13.5. The number of likely N-dealkylation sites (tertiary alicyclic amines) is 1. The third-order valence-corrected chi connectivity index (χ3v) is 4.59. The first-order valence-electron chi connectivity index (χ1n) is 8.24. The topological polar surface area (TPSA) is 21.1 Å². The van der Waals surface area contributed by atoms with Gasteiger partial charge in [0.05, 0.1) is 6.20 Å². The molecule has 1 aliphatic heterocycles. The smallest absolute Gasteiger partial charge is 0.159 e. The number of rotatable bonds is 5. The Hall–Kier alpha value is -1.75. The van der Waals surface area contributed by atoms with Crippen LogP contribution < -0.4 is 0 Å². The minimum Gasteiger partial charge on any atom is -0.299 e. The first kappa shape index (κ1) is 16.1. The Morgan fingerprint density at radius 2 is 2.09 bits per heavy atom. The molecule has 2 heterocycles. The van der Waals surface area contributed by atoms with Gasteiger partial charge in [0.25, 0.3) is 0 Å². The molecule has 1 aromatic carbocycles. The van der Waals surface area contributed by atoms with Crippen molar-refractivity contribution in [3.05, 3.63) is 53.4 Å². The van der Waals surface area contributed by atoms with Crippen LogP contribution in [0.5, 0.6) is 0 Å². The van der Waals surface area contributed by atoms with Crippen molar-refractivity contribution in [2.75, 3.05) is 13.1 Å². The lowest BCUT2D eigenvalue weighted by Crippen LogP contribution is -2.35. The van der Waals surface area contributed by atoms with E-state index in [1.165, 1.54) is 30.5 Å². The summed E-state index contributed by atoms with van der Waals surface area (Å²) in [6.45, 7) is 3.13. The second-order valence-electron chi connectivity index (χ2n) is 6.55. The number of aromatic nitrogens is 2. The van der Waals surface area contributed by atoms with E-state index in [4.69, 9.17) is 0 Å². The fourth-order valence-corrected chi connectivity index (χ4v) is 3.41. The quantitative estimate of drug-likeness (QED) is 0.840. The lowest BCUT2D eigenvalue weighted by atomic mass is 9.91. The number of nitrogens with zero attached hydrogens (tertiary/aromatic N) is 3. The highest BCUT2D eigenvalue weighted by atomic mass is 19.2. The van der Waals surface area contributed by atoms with E-state index >= 15 is 0 Å². The molecule has 1 saturated heterocycles. The van der Waals surface area contributed by atoms with Crippen LogP contribution in [0.25, 0.3) is 0 Å². The zero-order valence-electron chi connectivity index (χ0n) is 13.5. The molecule has 23 heavy (non-hydrogen) atoms. The van der Waals surface area contributed by atoms with Crippen molar-refractivity contribution in [3.8, 4) is 0 Å².